The number of carbonyl (C=O) groups is 2. The number of methoxy groups -OCH3 is 1. The standard InChI is InChI=1S/C20H16ClN3O4/c1-28-19(27)13-4-7-15-16(10-13)22-20-23(17(25)11-24(20)18(15)26)9-8-12-2-5-14(21)6-3-12/h2-7,10H,8-9,11H2,1H3. The number of hydrogen-bond acceptors (Lipinski definition) is 5. The first kappa shape index (κ1) is 18.2. The maximum absolute atomic E-state index is 12.8. The molecule has 1 aliphatic heterocycles. The monoisotopic (exact) mass is 397 g/mol. The molecule has 2 heterocycles. The van der Waals surface area contributed by atoms with Crippen LogP contribution in [0.25, 0.3) is 10.9 Å². The Balaban J connectivity index is 1.70. The summed E-state index contributed by atoms with van der Waals surface area (Å²) in [5, 5.41) is 0.996. The fraction of sp³-hybridized carbons (Fsp3) is 0.200. The zero-order chi connectivity index (χ0) is 19.8. The predicted octanol–water partition coefficient (Wildman–Crippen LogP) is 2.43. The van der Waals surface area contributed by atoms with E-state index < -0.39 is 5.97 Å². The number of aromatic nitrogens is 2. The lowest BCUT2D eigenvalue weighted by atomic mass is 10.1. The highest BCUT2D eigenvalue weighted by molar-refractivity contribution is 6.30. The van der Waals surface area contributed by atoms with Gasteiger partial charge in [0.05, 0.1) is 23.6 Å². The molecule has 0 fully saturated rings. The molecule has 0 unspecified atom stereocenters. The number of hydrogen-bond donors (Lipinski definition) is 0. The SMILES string of the molecule is COC(=O)c1ccc2c(=O)n3c(nc2c1)N(CCc1ccc(Cl)cc1)C(=O)C3. The van der Waals surface area contributed by atoms with Crippen LogP contribution in [0, 0.1) is 0 Å². The largest absolute Gasteiger partial charge is 0.465 e. The van der Waals surface area contributed by atoms with Gasteiger partial charge in [0.2, 0.25) is 11.9 Å². The van der Waals surface area contributed by atoms with Crippen molar-refractivity contribution in [1.29, 1.82) is 0 Å². The number of esters is 1. The highest BCUT2D eigenvalue weighted by Gasteiger charge is 2.30. The second-order valence-electron chi connectivity index (χ2n) is 6.45. The fourth-order valence-electron chi connectivity index (χ4n) is 3.25. The Morgan fingerprint density at radius 3 is 2.64 bits per heavy atom. The van der Waals surface area contributed by atoms with Crippen LogP contribution in [0.2, 0.25) is 5.02 Å². The van der Waals surface area contributed by atoms with Crippen LogP contribution in [-0.4, -0.2) is 35.1 Å². The van der Waals surface area contributed by atoms with Gasteiger partial charge >= 0.3 is 5.97 Å². The van der Waals surface area contributed by atoms with Gasteiger partial charge in [-0.1, -0.05) is 23.7 Å². The van der Waals surface area contributed by atoms with E-state index in [0.717, 1.165) is 5.56 Å². The van der Waals surface area contributed by atoms with Crippen LogP contribution in [0.5, 0.6) is 0 Å². The summed E-state index contributed by atoms with van der Waals surface area (Å²) in [4.78, 5) is 43.0. The van der Waals surface area contributed by atoms with Crippen molar-refractivity contribution >= 4 is 40.3 Å². The molecule has 142 valence electrons. The second-order valence-corrected chi connectivity index (χ2v) is 6.88. The minimum atomic E-state index is -0.514. The van der Waals surface area contributed by atoms with E-state index >= 15 is 0 Å². The molecule has 3 aromatic rings. The summed E-state index contributed by atoms with van der Waals surface area (Å²) in [5.41, 5.74) is 1.36. The Morgan fingerprint density at radius 2 is 1.93 bits per heavy atom. The first-order valence-corrected chi connectivity index (χ1v) is 9.03. The molecular weight excluding hydrogens is 382 g/mol. The Labute approximate surface area is 165 Å². The molecule has 2 aromatic carbocycles. The predicted molar refractivity (Wildman–Crippen MR) is 105 cm³/mol. The highest BCUT2D eigenvalue weighted by atomic mass is 35.5. The van der Waals surface area contributed by atoms with Crippen LogP contribution in [0.1, 0.15) is 15.9 Å². The number of nitrogens with zero attached hydrogens (tertiary/aromatic N) is 3. The molecule has 4 rings (SSSR count). The number of amides is 1. The van der Waals surface area contributed by atoms with Crippen LogP contribution in [0.15, 0.2) is 47.3 Å². The summed E-state index contributed by atoms with van der Waals surface area (Å²) in [6, 6.07) is 11.9. The van der Waals surface area contributed by atoms with Gasteiger partial charge in [-0.15, -0.1) is 0 Å². The van der Waals surface area contributed by atoms with E-state index in [1.165, 1.54) is 34.8 Å². The summed E-state index contributed by atoms with van der Waals surface area (Å²) in [6.45, 7) is 0.339. The molecule has 1 amide bonds. The number of carbonyl (C=O) groups excluding carboxylic acids is 2. The van der Waals surface area contributed by atoms with Crippen LogP contribution in [0.3, 0.4) is 0 Å². The van der Waals surface area contributed by atoms with Crippen LogP contribution >= 0.6 is 11.6 Å². The molecule has 8 heteroatoms. The zero-order valence-electron chi connectivity index (χ0n) is 15.0. The summed E-state index contributed by atoms with van der Waals surface area (Å²) in [6.07, 6.45) is 0.596. The first-order valence-electron chi connectivity index (χ1n) is 8.65. The number of rotatable bonds is 4. The van der Waals surface area contributed by atoms with Crippen molar-refractivity contribution in [2.45, 2.75) is 13.0 Å². The molecule has 0 radical (unpaired) electrons. The maximum Gasteiger partial charge on any atom is 0.337 e. The van der Waals surface area contributed by atoms with Gasteiger partial charge in [-0.25, -0.2) is 9.78 Å². The van der Waals surface area contributed by atoms with Crippen molar-refractivity contribution in [2.24, 2.45) is 0 Å². The Hall–Kier alpha value is -3.19. The zero-order valence-corrected chi connectivity index (χ0v) is 15.8. The van der Waals surface area contributed by atoms with E-state index in [0.29, 0.717) is 40.4 Å². The molecule has 28 heavy (non-hydrogen) atoms. The van der Waals surface area contributed by atoms with Crippen molar-refractivity contribution in [3.8, 4) is 0 Å². The number of anilines is 1. The summed E-state index contributed by atoms with van der Waals surface area (Å²) >= 11 is 5.90. The summed E-state index contributed by atoms with van der Waals surface area (Å²) in [7, 11) is 1.29. The smallest absolute Gasteiger partial charge is 0.337 e. The molecule has 1 aromatic heterocycles. The minimum Gasteiger partial charge on any atom is -0.465 e. The van der Waals surface area contributed by atoms with Gasteiger partial charge in [-0.05, 0) is 42.3 Å². The van der Waals surface area contributed by atoms with Gasteiger partial charge in [0.15, 0.2) is 0 Å². The van der Waals surface area contributed by atoms with Crippen molar-refractivity contribution < 1.29 is 14.3 Å². The Kier molecular flexibility index (Phi) is 4.60. The van der Waals surface area contributed by atoms with E-state index in [1.807, 2.05) is 12.1 Å². The second kappa shape index (κ2) is 7.09. The Morgan fingerprint density at radius 1 is 1.18 bits per heavy atom. The average Bonchev–Trinajstić information content (AvgIpc) is 3.02. The van der Waals surface area contributed by atoms with Crippen LogP contribution in [-0.2, 0) is 22.5 Å². The number of ether oxygens (including phenoxy) is 1. The number of halogens is 1. The first-order chi connectivity index (χ1) is 13.5. The van der Waals surface area contributed by atoms with E-state index in [2.05, 4.69) is 4.98 Å². The molecule has 0 saturated heterocycles. The fourth-order valence-corrected chi connectivity index (χ4v) is 3.38. The summed E-state index contributed by atoms with van der Waals surface area (Å²) < 4.78 is 6.08. The van der Waals surface area contributed by atoms with Gasteiger partial charge in [0.25, 0.3) is 5.56 Å². The highest BCUT2D eigenvalue weighted by Crippen LogP contribution is 2.22. The van der Waals surface area contributed by atoms with Crippen LogP contribution in [0.4, 0.5) is 5.95 Å². The van der Waals surface area contributed by atoms with E-state index in [9.17, 15) is 14.4 Å². The molecule has 0 spiro atoms. The minimum absolute atomic E-state index is 0.0452. The van der Waals surface area contributed by atoms with Crippen molar-refractivity contribution in [2.75, 3.05) is 18.6 Å². The van der Waals surface area contributed by atoms with Gasteiger partial charge in [-0.3, -0.25) is 19.1 Å². The van der Waals surface area contributed by atoms with Crippen LogP contribution < -0.4 is 10.5 Å². The van der Waals surface area contributed by atoms with Gasteiger partial charge in [0.1, 0.15) is 6.54 Å². The molecular formula is C20H16ClN3O4. The molecule has 0 bridgehead atoms. The molecule has 7 nitrogen and oxygen atoms in total. The molecule has 0 aliphatic carbocycles. The van der Waals surface area contributed by atoms with Gasteiger partial charge < -0.3 is 4.74 Å². The number of benzene rings is 2. The molecule has 0 atom stereocenters. The Bertz CT molecular complexity index is 1150. The lowest BCUT2D eigenvalue weighted by Crippen LogP contribution is -2.29. The molecule has 0 saturated carbocycles. The van der Waals surface area contributed by atoms with Crippen molar-refractivity contribution in [3.63, 3.8) is 0 Å². The quantitative estimate of drug-likeness (QED) is 0.631. The van der Waals surface area contributed by atoms with E-state index in [-0.39, 0.29) is 18.0 Å². The normalized spacial score (nSPS) is 13.1. The van der Waals surface area contributed by atoms with Crippen molar-refractivity contribution in [1.82, 2.24) is 9.55 Å². The van der Waals surface area contributed by atoms with Gasteiger partial charge in [0, 0.05) is 11.6 Å². The summed E-state index contributed by atoms with van der Waals surface area (Å²) in [5.74, 6) is -0.416. The average molecular weight is 398 g/mol. The molecule has 1 aliphatic rings. The third kappa shape index (κ3) is 3.14. The third-order valence-electron chi connectivity index (χ3n) is 4.73. The number of fused-ring (bicyclic) bond motifs is 2. The third-order valence-corrected chi connectivity index (χ3v) is 4.98. The van der Waals surface area contributed by atoms with Gasteiger partial charge in [-0.2, -0.15) is 0 Å². The molecule has 0 N–H and O–H groups in total. The van der Waals surface area contributed by atoms with E-state index in [1.54, 1.807) is 12.1 Å². The van der Waals surface area contributed by atoms with Crippen molar-refractivity contribution in [3.05, 3.63) is 69.0 Å². The lowest BCUT2D eigenvalue weighted by molar-refractivity contribution is -0.118. The topological polar surface area (TPSA) is 81.5 Å². The maximum atomic E-state index is 12.8. The van der Waals surface area contributed by atoms with E-state index in [4.69, 9.17) is 16.3 Å². The lowest BCUT2D eigenvalue weighted by Gasteiger charge is -2.16.